The summed E-state index contributed by atoms with van der Waals surface area (Å²) in [6.45, 7) is 15.5. The third kappa shape index (κ3) is 15.5. The Hall–Kier alpha value is -5.04. The zero-order chi connectivity index (χ0) is 48.8. The van der Waals surface area contributed by atoms with Gasteiger partial charge in [-0.1, -0.05) is 0 Å². The fraction of sp³-hybridized carbons (Fsp3) is 0.714. The number of amides is 4. The Morgan fingerprint density at radius 3 is 1.97 bits per heavy atom. The second kappa shape index (κ2) is 21.1. The fourth-order valence-corrected chi connectivity index (χ4v) is 7.22. The molecule has 1 aromatic rings. The number of carbonyl (C=O) groups excluding carboxylic acids is 4. The lowest BCUT2D eigenvalue weighted by molar-refractivity contribution is -0.384. The summed E-state index contributed by atoms with van der Waals surface area (Å²) in [5.41, 5.74) is 2.48. The van der Waals surface area contributed by atoms with Crippen LogP contribution in [0.4, 0.5) is 24.9 Å². The third-order valence-electron chi connectivity index (χ3n) is 10.0. The predicted molar refractivity (Wildman–Crippen MR) is 228 cm³/mol. The molecular weight excluding hydrogens is 860 g/mol. The molecule has 2 aliphatic heterocycles. The van der Waals surface area contributed by atoms with E-state index < -0.39 is 119 Å². The average Bonchev–Trinajstić information content (AvgIpc) is 3.15. The molecule has 1 saturated heterocycles. The summed E-state index contributed by atoms with van der Waals surface area (Å²) in [4.78, 5) is 63.5. The normalized spacial score (nSPS) is 29.5. The van der Waals surface area contributed by atoms with Gasteiger partial charge in [0.2, 0.25) is 6.29 Å². The van der Waals surface area contributed by atoms with Gasteiger partial charge in [-0.05, 0) is 106 Å². The first-order chi connectivity index (χ1) is 29.9. The smallest absolute Gasteiger partial charge is 0.410 e. The SMILES string of the molecule is CN(C(=O)OC(C)(C)C)C1C(O)[C@@H](O[C@@H]2C(O)C(O[C@H]3OC(CNC(=O)OCc4ccc([N+](=O)[O-])cc4)=CCC3NC(=O)OC(C)(C)C)[C@@H](NC(=O)OC(C)(C)C)C[C@H]2N)OC[C@]1(C)O. The molecule has 23 nitrogen and oxygen atoms in total. The highest BCUT2D eigenvalue weighted by atomic mass is 16.7. The van der Waals surface area contributed by atoms with Gasteiger partial charge in [-0.2, -0.15) is 0 Å². The summed E-state index contributed by atoms with van der Waals surface area (Å²) >= 11 is 0. The Labute approximate surface area is 377 Å². The molecule has 23 heteroatoms. The number of nitro groups is 1. The van der Waals surface area contributed by atoms with E-state index in [-0.39, 0.29) is 37.4 Å². The number of hydrogen-bond acceptors (Lipinski definition) is 18. The van der Waals surface area contributed by atoms with Crippen LogP contribution in [0.15, 0.2) is 36.1 Å². The van der Waals surface area contributed by atoms with Crippen LogP contribution < -0.4 is 21.7 Å². The van der Waals surface area contributed by atoms with Crippen molar-refractivity contribution in [3.63, 3.8) is 0 Å². The van der Waals surface area contributed by atoms with E-state index in [0.717, 1.165) is 4.90 Å². The summed E-state index contributed by atoms with van der Waals surface area (Å²) in [7, 11) is 1.34. The summed E-state index contributed by atoms with van der Waals surface area (Å²) in [6, 6.07) is 0.983. The molecule has 4 amide bonds. The Morgan fingerprint density at radius 2 is 1.42 bits per heavy atom. The van der Waals surface area contributed by atoms with Crippen molar-refractivity contribution >= 4 is 30.1 Å². The molecule has 4 rings (SSSR count). The molecule has 366 valence electrons. The average molecular weight is 927 g/mol. The third-order valence-corrected chi connectivity index (χ3v) is 10.0. The number of nitrogens with one attached hydrogen (secondary N) is 3. The van der Waals surface area contributed by atoms with Gasteiger partial charge in [0.1, 0.15) is 59.2 Å². The van der Waals surface area contributed by atoms with Crippen LogP contribution in [0, 0.1) is 10.1 Å². The van der Waals surface area contributed by atoms with Crippen LogP contribution in [-0.2, 0) is 44.5 Å². The zero-order valence-electron chi connectivity index (χ0n) is 38.7. The number of rotatable bonds is 12. The van der Waals surface area contributed by atoms with Gasteiger partial charge >= 0.3 is 24.4 Å². The maximum absolute atomic E-state index is 13.2. The Kier molecular flexibility index (Phi) is 17.0. The molecule has 1 saturated carbocycles. The van der Waals surface area contributed by atoms with Crippen molar-refractivity contribution in [2.45, 2.75) is 172 Å². The van der Waals surface area contributed by atoms with Gasteiger partial charge in [0.25, 0.3) is 5.69 Å². The number of nitro benzene ring substituents is 1. The van der Waals surface area contributed by atoms with Crippen LogP contribution in [-0.4, -0.2) is 153 Å². The van der Waals surface area contributed by atoms with Crippen LogP contribution >= 0.6 is 0 Å². The quantitative estimate of drug-likeness (QED) is 0.0900. The largest absolute Gasteiger partial charge is 0.465 e. The summed E-state index contributed by atoms with van der Waals surface area (Å²) < 4.78 is 46.3. The number of carbonyl (C=O) groups is 4. The van der Waals surface area contributed by atoms with Crippen molar-refractivity contribution in [2.75, 3.05) is 20.2 Å². The first-order valence-corrected chi connectivity index (χ1v) is 21.1. The van der Waals surface area contributed by atoms with Gasteiger partial charge in [-0.25, -0.2) is 19.2 Å². The summed E-state index contributed by atoms with van der Waals surface area (Å²) in [5, 5.41) is 53.9. The van der Waals surface area contributed by atoms with E-state index >= 15 is 0 Å². The van der Waals surface area contributed by atoms with E-state index in [9.17, 15) is 44.6 Å². The van der Waals surface area contributed by atoms with Crippen LogP contribution in [0.3, 0.4) is 0 Å². The van der Waals surface area contributed by atoms with Gasteiger partial charge in [-0.15, -0.1) is 0 Å². The van der Waals surface area contributed by atoms with Crippen molar-refractivity contribution in [1.29, 1.82) is 0 Å². The van der Waals surface area contributed by atoms with E-state index in [0.29, 0.717) is 5.56 Å². The number of non-ortho nitro benzene ring substituents is 1. The van der Waals surface area contributed by atoms with Crippen LogP contribution in [0.5, 0.6) is 0 Å². The van der Waals surface area contributed by atoms with Crippen LogP contribution in [0.2, 0.25) is 0 Å². The second-order valence-electron chi connectivity index (χ2n) is 19.4. The molecule has 0 bridgehead atoms. The fourth-order valence-electron chi connectivity index (χ4n) is 7.22. The maximum atomic E-state index is 13.2. The van der Waals surface area contributed by atoms with E-state index in [4.69, 9.17) is 43.6 Å². The molecule has 8 N–H and O–H groups in total. The van der Waals surface area contributed by atoms with Crippen LogP contribution in [0.25, 0.3) is 0 Å². The topological polar surface area (TPSA) is 311 Å². The number of nitrogens with zero attached hydrogens (tertiary/aromatic N) is 2. The minimum absolute atomic E-state index is 0.0553. The van der Waals surface area contributed by atoms with Crippen molar-refractivity contribution in [3.8, 4) is 0 Å². The number of alkyl carbamates (subject to hydrolysis) is 3. The van der Waals surface area contributed by atoms with Crippen molar-refractivity contribution < 1.29 is 77.3 Å². The Morgan fingerprint density at radius 1 is 0.862 bits per heavy atom. The van der Waals surface area contributed by atoms with Gasteiger partial charge in [0.05, 0.1) is 36.2 Å². The minimum Gasteiger partial charge on any atom is -0.465 e. The lowest BCUT2D eigenvalue weighted by Crippen LogP contribution is -2.70. The molecule has 0 spiro atoms. The van der Waals surface area contributed by atoms with Crippen molar-refractivity contribution in [1.82, 2.24) is 20.9 Å². The first-order valence-electron chi connectivity index (χ1n) is 21.1. The van der Waals surface area contributed by atoms with Gasteiger partial charge in [-0.3, -0.25) is 10.1 Å². The Balaban J connectivity index is 1.59. The van der Waals surface area contributed by atoms with Gasteiger partial charge in [0.15, 0.2) is 6.29 Å². The van der Waals surface area contributed by atoms with Crippen molar-refractivity contribution in [2.24, 2.45) is 5.73 Å². The minimum atomic E-state index is -1.79. The Bertz CT molecular complexity index is 1860. The summed E-state index contributed by atoms with van der Waals surface area (Å²) in [6.07, 6.45) is -11.2. The lowest BCUT2D eigenvalue weighted by Gasteiger charge is -2.50. The molecule has 0 aromatic heterocycles. The van der Waals surface area contributed by atoms with E-state index in [2.05, 4.69) is 16.0 Å². The van der Waals surface area contributed by atoms with Crippen molar-refractivity contribution in [3.05, 3.63) is 51.8 Å². The molecule has 2 fully saturated rings. The molecule has 1 aromatic carbocycles. The highest BCUT2D eigenvalue weighted by Crippen LogP contribution is 2.34. The van der Waals surface area contributed by atoms with Gasteiger partial charge in [0, 0.05) is 25.2 Å². The second-order valence-corrected chi connectivity index (χ2v) is 19.4. The maximum Gasteiger partial charge on any atom is 0.410 e. The molecule has 5 unspecified atom stereocenters. The van der Waals surface area contributed by atoms with E-state index in [1.807, 2.05) is 0 Å². The number of ether oxygens (including phenoxy) is 8. The molecule has 0 radical (unpaired) electrons. The molecule has 11 atom stereocenters. The zero-order valence-corrected chi connectivity index (χ0v) is 38.7. The number of aliphatic hydroxyl groups is 3. The molecule has 65 heavy (non-hydrogen) atoms. The molecular formula is C42H66N6O17. The standard InChI is InChI=1S/C42H66N6O17/c1-39(2,3)63-36(52)45-26-17-16-24(19-44-35(51)58-20-22-12-14-23(15-13-22)48(56)57)60-33(26)62-31-27(46-37(53)64-40(4,5)6)18-25(43)30(28(31)49)61-34-29(50)32(42(10,55)21-59-34)47(11)38(54)65-41(7,8)9/h12-16,25-34,49-50,55H,17-21,43H2,1-11H3,(H,44,51)(H,45,52)(H,46,53)/t25-,26?,27+,28?,29?,30+,31?,32?,33-,34-,42+/m1/s1. The van der Waals surface area contributed by atoms with E-state index in [1.54, 1.807) is 68.4 Å². The highest BCUT2D eigenvalue weighted by Gasteiger charge is 2.54. The van der Waals surface area contributed by atoms with Gasteiger partial charge < -0.3 is 79.8 Å². The number of benzene rings is 1. The lowest BCUT2D eigenvalue weighted by atomic mass is 9.83. The highest BCUT2D eigenvalue weighted by molar-refractivity contribution is 5.69. The predicted octanol–water partition coefficient (Wildman–Crippen LogP) is 2.80. The van der Waals surface area contributed by atoms with E-state index in [1.165, 1.54) is 38.2 Å². The molecule has 2 heterocycles. The monoisotopic (exact) mass is 926 g/mol. The molecule has 3 aliphatic rings. The van der Waals surface area contributed by atoms with Crippen LogP contribution in [0.1, 0.15) is 87.6 Å². The molecule has 1 aliphatic carbocycles. The number of hydrogen-bond donors (Lipinski definition) is 7. The first kappa shape index (κ1) is 52.6. The number of aliphatic hydroxyl groups excluding tert-OH is 2. The summed E-state index contributed by atoms with van der Waals surface area (Å²) in [5.74, 6) is 0.155. The number of likely N-dealkylation sites (N-methyl/N-ethyl adjacent to an activating group) is 1. The number of nitrogens with two attached hydrogens (primary N) is 1.